The lowest BCUT2D eigenvalue weighted by atomic mass is 9.81. The van der Waals surface area contributed by atoms with E-state index in [0.717, 1.165) is 30.5 Å². The SMILES string of the molecule is CCC1(C(=O)N(Cc2ccccc2N)C(C)C)CCCC1. The summed E-state index contributed by atoms with van der Waals surface area (Å²) in [6.45, 7) is 6.95. The van der Waals surface area contributed by atoms with Gasteiger partial charge in [-0.15, -0.1) is 0 Å². The molecule has 0 atom stereocenters. The number of benzene rings is 1. The third-order valence-electron chi connectivity index (χ3n) is 4.97. The van der Waals surface area contributed by atoms with Crippen molar-refractivity contribution in [2.24, 2.45) is 5.41 Å². The molecule has 0 aliphatic heterocycles. The van der Waals surface area contributed by atoms with Crippen LogP contribution in [-0.4, -0.2) is 16.8 Å². The first-order valence-electron chi connectivity index (χ1n) is 8.14. The van der Waals surface area contributed by atoms with Crippen LogP contribution in [0.4, 0.5) is 5.69 Å². The zero-order valence-electron chi connectivity index (χ0n) is 13.6. The van der Waals surface area contributed by atoms with E-state index in [9.17, 15) is 4.79 Å². The second-order valence-electron chi connectivity index (χ2n) is 6.57. The van der Waals surface area contributed by atoms with Gasteiger partial charge in [-0.25, -0.2) is 0 Å². The molecule has 0 spiro atoms. The van der Waals surface area contributed by atoms with Crippen LogP contribution < -0.4 is 5.73 Å². The average molecular weight is 288 g/mol. The molecule has 3 nitrogen and oxygen atoms in total. The Morgan fingerprint density at radius 1 is 1.29 bits per heavy atom. The van der Waals surface area contributed by atoms with Crippen molar-refractivity contribution in [3.63, 3.8) is 0 Å². The lowest BCUT2D eigenvalue weighted by molar-refractivity contribution is -0.144. The number of carbonyl (C=O) groups is 1. The van der Waals surface area contributed by atoms with Crippen LogP contribution in [0.25, 0.3) is 0 Å². The van der Waals surface area contributed by atoms with Gasteiger partial charge in [0.05, 0.1) is 0 Å². The Kier molecular flexibility index (Phi) is 4.92. The zero-order valence-corrected chi connectivity index (χ0v) is 13.6. The van der Waals surface area contributed by atoms with Gasteiger partial charge in [-0.05, 0) is 44.7 Å². The van der Waals surface area contributed by atoms with Crippen molar-refractivity contribution in [2.75, 3.05) is 5.73 Å². The Bertz CT molecular complexity index is 490. The highest BCUT2D eigenvalue weighted by atomic mass is 16.2. The molecule has 21 heavy (non-hydrogen) atoms. The van der Waals surface area contributed by atoms with Crippen LogP contribution >= 0.6 is 0 Å². The summed E-state index contributed by atoms with van der Waals surface area (Å²) in [6.07, 6.45) is 5.38. The van der Waals surface area contributed by atoms with Gasteiger partial charge in [-0.1, -0.05) is 38.0 Å². The lowest BCUT2D eigenvalue weighted by Crippen LogP contribution is -2.45. The van der Waals surface area contributed by atoms with E-state index in [4.69, 9.17) is 5.73 Å². The van der Waals surface area contributed by atoms with Gasteiger partial charge in [-0.3, -0.25) is 4.79 Å². The number of anilines is 1. The number of nitrogens with two attached hydrogens (primary N) is 1. The zero-order chi connectivity index (χ0) is 15.5. The van der Waals surface area contributed by atoms with Crippen molar-refractivity contribution in [3.05, 3.63) is 29.8 Å². The molecular formula is C18H28N2O. The van der Waals surface area contributed by atoms with E-state index >= 15 is 0 Å². The molecule has 2 rings (SSSR count). The van der Waals surface area contributed by atoms with Crippen LogP contribution in [0.3, 0.4) is 0 Å². The second kappa shape index (κ2) is 6.50. The summed E-state index contributed by atoms with van der Waals surface area (Å²) in [5, 5.41) is 0. The van der Waals surface area contributed by atoms with Crippen molar-refractivity contribution in [1.82, 2.24) is 4.90 Å². The van der Waals surface area contributed by atoms with E-state index in [1.54, 1.807) is 0 Å². The van der Waals surface area contributed by atoms with E-state index in [1.165, 1.54) is 12.8 Å². The van der Waals surface area contributed by atoms with E-state index in [2.05, 4.69) is 20.8 Å². The molecule has 1 amide bonds. The number of carbonyl (C=O) groups excluding carboxylic acids is 1. The van der Waals surface area contributed by atoms with Crippen LogP contribution in [0.15, 0.2) is 24.3 Å². The van der Waals surface area contributed by atoms with Crippen molar-refractivity contribution >= 4 is 11.6 Å². The van der Waals surface area contributed by atoms with Crippen LogP contribution in [0.5, 0.6) is 0 Å². The van der Waals surface area contributed by atoms with Gasteiger partial charge < -0.3 is 10.6 Å². The van der Waals surface area contributed by atoms with E-state index in [-0.39, 0.29) is 11.5 Å². The Hall–Kier alpha value is -1.51. The highest BCUT2D eigenvalue weighted by Gasteiger charge is 2.42. The summed E-state index contributed by atoms with van der Waals surface area (Å²) in [7, 11) is 0. The van der Waals surface area contributed by atoms with E-state index < -0.39 is 0 Å². The minimum absolute atomic E-state index is 0.131. The molecular weight excluding hydrogens is 260 g/mol. The molecule has 0 aromatic heterocycles. The standard InChI is InChI=1S/C18H28N2O/c1-4-18(11-7-8-12-18)17(21)20(14(2)3)13-15-9-5-6-10-16(15)19/h5-6,9-10,14H,4,7-8,11-13,19H2,1-3H3. The van der Waals surface area contributed by atoms with Gasteiger partial charge in [0.1, 0.15) is 0 Å². The topological polar surface area (TPSA) is 46.3 Å². The Morgan fingerprint density at radius 3 is 2.43 bits per heavy atom. The number of para-hydroxylation sites is 1. The van der Waals surface area contributed by atoms with E-state index in [1.807, 2.05) is 29.2 Å². The first-order valence-corrected chi connectivity index (χ1v) is 8.14. The van der Waals surface area contributed by atoms with Gasteiger partial charge in [0.15, 0.2) is 0 Å². The molecule has 2 N–H and O–H groups in total. The number of nitrogens with zero attached hydrogens (tertiary/aromatic N) is 1. The normalized spacial score (nSPS) is 17.1. The molecule has 1 aromatic rings. The Balaban J connectivity index is 2.23. The maximum Gasteiger partial charge on any atom is 0.229 e. The van der Waals surface area contributed by atoms with Crippen LogP contribution in [-0.2, 0) is 11.3 Å². The molecule has 1 aliphatic rings. The maximum atomic E-state index is 13.1. The van der Waals surface area contributed by atoms with Gasteiger partial charge in [0, 0.05) is 23.7 Å². The number of amides is 1. The Morgan fingerprint density at radius 2 is 1.90 bits per heavy atom. The molecule has 1 fully saturated rings. The minimum Gasteiger partial charge on any atom is -0.398 e. The Labute approximate surface area is 128 Å². The molecule has 0 bridgehead atoms. The van der Waals surface area contributed by atoms with Crippen LogP contribution in [0.2, 0.25) is 0 Å². The third kappa shape index (κ3) is 3.22. The smallest absolute Gasteiger partial charge is 0.229 e. The highest BCUT2D eigenvalue weighted by molar-refractivity contribution is 5.83. The quantitative estimate of drug-likeness (QED) is 0.833. The van der Waals surface area contributed by atoms with Crippen molar-refractivity contribution < 1.29 is 4.79 Å². The summed E-state index contributed by atoms with van der Waals surface area (Å²) in [4.78, 5) is 15.2. The molecule has 0 radical (unpaired) electrons. The molecule has 3 heteroatoms. The fraction of sp³-hybridized carbons (Fsp3) is 0.611. The fourth-order valence-electron chi connectivity index (χ4n) is 3.43. The lowest BCUT2D eigenvalue weighted by Gasteiger charge is -2.36. The summed E-state index contributed by atoms with van der Waals surface area (Å²) < 4.78 is 0. The first kappa shape index (κ1) is 15.9. The molecule has 1 saturated carbocycles. The number of hydrogen-bond donors (Lipinski definition) is 1. The molecule has 0 heterocycles. The molecule has 1 aliphatic carbocycles. The average Bonchev–Trinajstić information content (AvgIpc) is 2.95. The van der Waals surface area contributed by atoms with Crippen molar-refractivity contribution in [1.29, 1.82) is 0 Å². The molecule has 0 unspecified atom stereocenters. The summed E-state index contributed by atoms with van der Waals surface area (Å²) in [5.74, 6) is 0.320. The largest absolute Gasteiger partial charge is 0.398 e. The highest BCUT2D eigenvalue weighted by Crippen LogP contribution is 2.43. The number of rotatable bonds is 5. The molecule has 116 valence electrons. The molecule has 0 saturated heterocycles. The maximum absolute atomic E-state index is 13.1. The number of hydrogen-bond acceptors (Lipinski definition) is 2. The van der Waals surface area contributed by atoms with Crippen LogP contribution in [0, 0.1) is 5.41 Å². The second-order valence-corrected chi connectivity index (χ2v) is 6.57. The predicted molar refractivity (Wildman–Crippen MR) is 87.7 cm³/mol. The minimum atomic E-state index is -0.131. The summed E-state index contributed by atoms with van der Waals surface area (Å²) >= 11 is 0. The van der Waals surface area contributed by atoms with Crippen molar-refractivity contribution in [3.8, 4) is 0 Å². The predicted octanol–water partition coefficient (Wildman–Crippen LogP) is 3.98. The van der Waals surface area contributed by atoms with Crippen LogP contribution in [0.1, 0.15) is 58.4 Å². The van der Waals surface area contributed by atoms with Gasteiger partial charge in [0.25, 0.3) is 0 Å². The van der Waals surface area contributed by atoms with E-state index in [0.29, 0.717) is 12.5 Å². The van der Waals surface area contributed by atoms with Crippen molar-refractivity contribution in [2.45, 2.75) is 65.5 Å². The summed E-state index contributed by atoms with van der Waals surface area (Å²) in [5.41, 5.74) is 7.74. The first-order chi connectivity index (χ1) is 10.00. The fourth-order valence-corrected chi connectivity index (χ4v) is 3.43. The third-order valence-corrected chi connectivity index (χ3v) is 4.97. The summed E-state index contributed by atoms with van der Waals surface area (Å²) in [6, 6.07) is 8.04. The monoisotopic (exact) mass is 288 g/mol. The van der Waals surface area contributed by atoms with Gasteiger partial charge >= 0.3 is 0 Å². The molecule has 1 aromatic carbocycles. The van der Waals surface area contributed by atoms with Gasteiger partial charge in [0.2, 0.25) is 5.91 Å². The number of nitrogen functional groups attached to an aromatic ring is 1. The van der Waals surface area contributed by atoms with Gasteiger partial charge in [-0.2, -0.15) is 0 Å².